The van der Waals surface area contributed by atoms with Gasteiger partial charge in [0, 0.05) is 5.57 Å². The summed E-state index contributed by atoms with van der Waals surface area (Å²) in [6.45, 7) is 10.0. The minimum atomic E-state index is -2.35. The molecule has 0 aliphatic heterocycles. The molecule has 0 aromatic heterocycles. The first-order valence-corrected chi connectivity index (χ1v) is 14.3. The van der Waals surface area contributed by atoms with Crippen LogP contribution in [-0.2, 0) is 52.2 Å². The minimum absolute atomic E-state index is 0.0756. The standard InChI is InChI=1S/C29H41F5O12/c1-21(2)29(36)45-20-19-44-18-17-43-16-15-42-14-13-41-12-11-40-10-9-39-8-7-38-6-5-37-4-3-22(35)46-28-26(33)24(31)23(30)25(32)27(28)34/h1,3-20H2,2H3. The van der Waals surface area contributed by atoms with Crippen LogP contribution in [0.5, 0.6) is 5.75 Å². The Morgan fingerprint density at radius 3 is 1.09 bits per heavy atom. The molecule has 1 aromatic carbocycles. The highest BCUT2D eigenvalue weighted by atomic mass is 19.2. The molecule has 1 aromatic rings. The third-order valence-electron chi connectivity index (χ3n) is 5.25. The summed E-state index contributed by atoms with van der Waals surface area (Å²) in [5.41, 5.74) is 0.342. The number of carbonyl (C=O) groups is 2. The number of carbonyl (C=O) groups excluding carboxylic acids is 2. The average molecular weight is 677 g/mol. The monoisotopic (exact) mass is 676 g/mol. The third-order valence-corrected chi connectivity index (χ3v) is 5.25. The van der Waals surface area contributed by atoms with Gasteiger partial charge >= 0.3 is 11.9 Å². The molecule has 0 fully saturated rings. The van der Waals surface area contributed by atoms with Crippen molar-refractivity contribution in [2.75, 3.05) is 112 Å². The second-order valence-electron chi connectivity index (χ2n) is 8.94. The van der Waals surface area contributed by atoms with Crippen LogP contribution in [0.4, 0.5) is 22.0 Å². The lowest BCUT2D eigenvalue weighted by molar-refractivity contribution is -0.140. The van der Waals surface area contributed by atoms with E-state index in [1.54, 1.807) is 6.92 Å². The number of halogens is 5. The Kier molecular flexibility index (Phi) is 23.6. The van der Waals surface area contributed by atoms with Gasteiger partial charge < -0.3 is 47.4 Å². The Bertz CT molecular complexity index is 1000. The molecular weight excluding hydrogens is 635 g/mol. The van der Waals surface area contributed by atoms with E-state index in [4.69, 9.17) is 42.6 Å². The van der Waals surface area contributed by atoms with Crippen LogP contribution in [0.2, 0.25) is 0 Å². The van der Waals surface area contributed by atoms with E-state index in [9.17, 15) is 31.5 Å². The Labute approximate surface area is 263 Å². The van der Waals surface area contributed by atoms with Crippen LogP contribution in [0, 0.1) is 29.1 Å². The Balaban J connectivity index is 1.79. The lowest BCUT2D eigenvalue weighted by Gasteiger charge is -2.09. The molecule has 0 bridgehead atoms. The van der Waals surface area contributed by atoms with Crippen LogP contribution in [0.1, 0.15) is 13.3 Å². The van der Waals surface area contributed by atoms with Crippen LogP contribution < -0.4 is 4.74 Å². The smallest absolute Gasteiger partial charge is 0.333 e. The lowest BCUT2D eigenvalue weighted by atomic mass is 10.2. The summed E-state index contributed by atoms with van der Waals surface area (Å²) >= 11 is 0. The molecular formula is C29H41F5O12. The summed E-state index contributed by atoms with van der Waals surface area (Å²) in [5.74, 6) is -14.6. The number of rotatable bonds is 29. The zero-order valence-electron chi connectivity index (χ0n) is 25.7. The van der Waals surface area contributed by atoms with Crippen LogP contribution in [0.15, 0.2) is 12.2 Å². The fourth-order valence-corrected chi connectivity index (χ4v) is 2.95. The lowest BCUT2D eigenvalue weighted by Crippen LogP contribution is -2.16. The number of hydrogen-bond donors (Lipinski definition) is 0. The molecule has 0 atom stereocenters. The van der Waals surface area contributed by atoms with Gasteiger partial charge in [0.05, 0.1) is 112 Å². The predicted molar refractivity (Wildman–Crippen MR) is 149 cm³/mol. The first-order chi connectivity index (χ1) is 22.2. The Morgan fingerprint density at radius 2 is 0.761 bits per heavy atom. The summed E-state index contributed by atoms with van der Waals surface area (Å²) in [6.07, 6.45) is -0.491. The van der Waals surface area contributed by atoms with E-state index in [0.717, 1.165) is 0 Å². The van der Waals surface area contributed by atoms with Gasteiger partial charge in [0.2, 0.25) is 34.8 Å². The van der Waals surface area contributed by atoms with Crippen molar-refractivity contribution in [2.45, 2.75) is 13.3 Å². The largest absolute Gasteiger partial charge is 0.460 e. The normalized spacial score (nSPS) is 11.2. The molecule has 0 saturated carbocycles. The predicted octanol–water partition coefficient (Wildman–Crippen LogP) is 2.93. The molecule has 0 aliphatic rings. The molecule has 264 valence electrons. The minimum Gasteiger partial charge on any atom is -0.460 e. The van der Waals surface area contributed by atoms with Gasteiger partial charge in [-0.05, 0) is 6.92 Å². The summed E-state index contributed by atoms with van der Waals surface area (Å²) < 4.78 is 118. The molecule has 46 heavy (non-hydrogen) atoms. The van der Waals surface area contributed by atoms with Crippen LogP contribution >= 0.6 is 0 Å². The van der Waals surface area contributed by atoms with Crippen molar-refractivity contribution in [1.82, 2.24) is 0 Å². The molecule has 0 heterocycles. The fraction of sp³-hybridized carbons (Fsp3) is 0.655. The molecule has 0 unspecified atom stereocenters. The molecule has 0 saturated heterocycles. The van der Waals surface area contributed by atoms with Crippen LogP contribution in [0.25, 0.3) is 0 Å². The Hall–Kier alpha value is -2.77. The van der Waals surface area contributed by atoms with E-state index in [-0.39, 0.29) is 39.6 Å². The van der Waals surface area contributed by atoms with Crippen molar-refractivity contribution in [2.24, 2.45) is 0 Å². The van der Waals surface area contributed by atoms with Crippen molar-refractivity contribution in [1.29, 1.82) is 0 Å². The quantitative estimate of drug-likeness (QED) is 0.0236. The van der Waals surface area contributed by atoms with E-state index >= 15 is 0 Å². The van der Waals surface area contributed by atoms with E-state index in [2.05, 4.69) is 11.3 Å². The first-order valence-electron chi connectivity index (χ1n) is 14.3. The molecule has 1 rings (SSSR count). The fourth-order valence-electron chi connectivity index (χ4n) is 2.95. The molecule has 0 amide bonds. The SMILES string of the molecule is C=C(C)C(=O)OCCOCCOCCOCCOCCOCCOCCOCCOCCC(=O)Oc1c(F)c(F)c(F)c(F)c1F. The summed E-state index contributed by atoms with van der Waals surface area (Å²) in [5, 5.41) is 0. The number of ether oxygens (including phenoxy) is 10. The maximum absolute atomic E-state index is 13.5. The highest BCUT2D eigenvalue weighted by molar-refractivity contribution is 5.86. The molecule has 0 spiro atoms. The van der Waals surface area contributed by atoms with Gasteiger partial charge in [-0.3, -0.25) is 4.79 Å². The van der Waals surface area contributed by atoms with Gasteiger partial charge in [0.15, 0.2) is 0 Å². The van der Waals surface area contributed by atoms with E-state index in [1.807, 2.05) is 0 Å². The highest BCUT2D eigenvalue weighted by Gasteiger charge is 2.28. The Morgan fingerprint density at radius 1 is 0.478 bits per heavy atom. The second-order valence-corrected chi connectivity index (χ2v) is 8.94. The van der Waals surface area contributed by atoms with Crippen molar-refractivity contribution in [3.8, 4) is 5.75 Å². The molecule has 17 heteroatoms. The van der Waals surface area contributed by atoms with Gasteiger partial charge in [-0.1, -0.05) is 6.58 Å². The molecule has 0 aliphatic carbocycles. The number of benzene rings is 1. The van der Waals surface area contributed by atoms with Gasteiger partial charge in [0.25, 0.3) is 0 Å². The van der Waals surface area contributed by atoms with Crippen molar-refractivity contribution in [3.63, 3.8) is 0 Å². The van der Waals surface area contributed by atoms with Crippen molar-refractivity contribution < 1.29 is 78.9 Å². The van der Waals surface area contributed by atoms with E-state index in [1.165, 1.54) is 0 Å². The number of hydrogen-bond acceptors (Lipinski definition) is 12. The summed E-state index contributed by atoms with van der Waals surface area (Å²) in [6, 6.07) is 0. The maximum atomic E-state index is 13.5. The van der Waals surface area contributed by atoms with Crippen molar-refractivity contribution in [3.05, 3.63) is 41.2 Å². The zero-order valence-corrected chi connectivity index (χ0v) is 25.7. The van der Waals surface area contributed by atoms with Gasteiger partial charge in [0.1, 0.15) is 6.61 Å². The molecule has 0 N–H and O–H groups in total. The zero-order chi connectivity index (χ0) is 34.0. The van der Waals surface area contributed by atoms with Crippen LogP contribution in [-0.4, -0.2) is 124 Å². The molecule has 0 radical (unpaired) electrons. The maximum Gasteiger partial charge on any atom is 0.333 e. The molecule has 12 nitrogen and oxygen atoms in total. The van der Waals surface area contributed by atoms with Crippen molar-refractivity contribution >= 4 is 11.9 Å². The van der Waals surface area contributed by atoms with E-state index in [0.29, 0.717) is 78.2 Å². The number of esters is 2. The highest BCUT2D eigenvalue weighted by Crippen LogP contribution is 2.29. The first kappa shape index (κ1) is 41.3. The van der Waals surface area contributed by atoms with E-state index < -0.39 is 53.2 Å². The third kappa shape index (κ3) is 19.0. The topological polar surface area (TPSA) is 126 Å². The van der Waals surface area contributed by atoms with Gasteiger partial charge in [-0.15, -0.1) is 0 Å². The van der Waals surface area contributed by atoms with Gasteiger partial charge in [-0.25, -0.2) is 18.0 Å². The average Bonchev–Trinajstić information content (AvgIpc) is 3.04. The summed E-state index contributed by atoms with van der Waals surface area (Å²) in [7, 11) is 0. The van der Waals surface area contributed by atoms with Gasteiger partial charge in [-0.2, -0.15) is 8.78 Å². The van der Waals surface area contributed by atoms with Crippen LogP contribution in [0.3, 0.4) is 0 Å². The summed E-state index contributed by atoms with van der Waals surface area (Å²) in [4.78, 5) is 22.8. The second kappa shape index (κ2) is 26.3.